The summed E-state index contributed by atoms with van der Waals surface area (Å²) in [7, 11) is 1.52. The molecule has 1 saturated heterocycles. The summed E-state index contributed by atoms with van der Waals surface area (Å²) in [5.74, 6) is -0.240. The first-order valence-corrected chi connectivity index (χ1v) is 4.54. The first-order chi connectivity index (χ1) is 6.07. The van der Waals surface area contributed by atoms with E-state index in [4.69, 9.17) is 9.47 Å². The van der Waals surface area contributed by atoms with Crippen molar-refractivity contribution in [1.29, 1.82) is 0 Å². The number of rotatable bonds is 2. The highest BCUT2D eigenvalue weighted by atomic mass is 19.1. The fraction of sp³-hybridized carbons (Fsp3) is 1.00. The van der Waals surface area contributed by atoms with Crippen molar-refractivity contribution < 1.29 is 19.0 Å². The molecule has 0 saturated carbocycles. The summed E-state index contributed by atoms with van der Waals surface area (Å²) < 4.78 is 23.6. The summed E-state index contributed by atoms with van der Waals surface area (Å²) in [6.07, 6.45) is -3.10. The Bertz CT molecular complexity index is 165. The number of hydrogen-bond donors (Lipinski definition) is 1. The normalized spacial score (nSPS) is 43.2. The van der Waals surface area contributed by atoms with Crippen LogP contribution in [-0.4, -0.2) is 43.3 Å². The fourth-order valence-electron chi connectivity index (χ4n) is 1.52. The van der Waals surface area contributed by atoms with E-state index in [1.54, 1.807) is 13.8 Å². The average molecular weight is 192 g/mol. The Labute approximate surface area is 77.8 Å². The molecule has 1 aliphatic heterocycles. The molecule has 1 aliphatic rings. The number of methoxy groups -OCH3 is 1. The van der Waals surface area contributed by atoms with Crippen LogP contribution in [0.2, 0.25) is 0 Å². The Balaban J connectivity index is 2.58. The lowest BCUT2D eigenvalue weighted by Gasteiger charge is -2.37. The van der Waals surface area contributed by atoms with E-state index in [1.807, 2.05) is 0 Å². The van der Waals surface area contributed by atoms with Crippen LogP contribution in [0.15, 0.2) is 0 Å². The zero-order valence-corrected chi connectivity index (χ0v) is 8.24. The predicted molar refractivity (Wildman–Crippen MR) is 46.3 cm³/mol. The second-order valence-corrected chi connectivity index (χ2v) is 3.65. The zero-order chi connectivity index (χ0) is 10.0. The minimum atomic E-state index is -1.21. The van der Waals surface area contributed by atoms with E-state index in [2.05, 4.69) is 0 Å². The van der Waals surface area contributed by atoms with Crippen molar-refractivity contribution in [1.82, 2.24) is 0 Å². The van der Waals surface area contributed by atoms with Gasteiger partial charge in [0, 0.05) is 13.0 Å². The molecule has 0 unspecified atom stereocenters. The van der Waals surface area contributed by atoms with Crippen LogP contribution in [0.5, 0.6) is 0 Å². The molecule has 1 heterocycles. The van der Waals surface area contributed by atoms with Gasteiger partial charge in [0.15, 0.2) is 0 Å². The Hall–Kier alpha value is -0.190. The maximum absolute atomic E-state index is 13.3. The lowest BCUT2D eigenvalue weighted by atomic mass is 9.93. The van der Waals surface area contributed by atoms with Gasteiger partial charge >= 0.3 is 0 Å². The molecule has 1 N–H and O–H groups in total. The number of aliphatic hydroxyl groups excluding tert-OH is 1. The molecular formula is C9H17FO3. The highest BCUT2D eigenvalue weighted by Gasteiger charge is 2.40. The van der Waals surface area contributed by atoms with Gasteiger partial charge in [0.2, 0.25) is 0 Å². The van der Waals surface area contributed by atoms with E-state index in [1.165, 1.54) is 7.11 Å². The summed E-state index contributed by atoms with van der Waals surface area (Å²) in [5.41, 5.74) is 0. The molecule has 0 radical (unpaired) electrons. The number of ether oxygens (including phenoxy) is 2. The maximum atomic E-state index is 13.3. The van der Waals surface area contributed by atoms with Crippen LogP contribution in [0.4, 0.5) is 4.39 Å². The lowest BCUT2D eigenvalue weighted by molar-refractivity contribution is -0.174. The maximum Gasteiger partial charge on any atom is 0.133 e. The molecule has 4 heteroatoms. The van der Waals surface area contributed by atoms with Crippen molar-refractivity contribution in [3.8, 4) is 0 Å². The van der Waals surface area contributed by atoms with Crippen LogP contribution in [0.1, 0.15) is 13.8 Å². The van der Waals surface area contributed by atoms with E-state index in [0.717, 1.165) is 0 Å². The van der Waals surface area contributed by atoms with E-state index in [-0.39, 0.29) is 12.0 Å². The zero-order valence-electron chi connectivity index (χ0n) is 8.24. The molecule has 0 bridgehead atoms. The van der Waals surface area contributed by atoms with Crippen molar-refractivity contribution in [3.63, 3.8) is 0 Å². The number of hydrogen-bond acceptors (Lipinski definition) is 3. The summed E-state index contributed by atoms with van der Waals surface area (Å²) in [5, 5.41) is 9.53. The van der Waals surface area contributed by atoms with Crippen LogP contribution in [0, 0.1) is 5.92 Å². The van der Waals surface area contributed by atoms with Crippen molar-refractivity contribution in [3.05, 3.63) is 0 Å². The molecule has 0 spiro atoms. The van der Waals surface area contributed by atoms with Gasteiger partial charge in [-0.2, -0.15) is 0 Å². The van der Waals surface area contributed by atoms with Crippen LogP contribution < -0.4 is 0 Å². The third-order valence-electron chi connectivity index (χ3n) is 2.59. The highest BCUT2D eigenvalue weighted by Crippen LogP contribution is 2.25. The molecule has 0 aromatic heterocycles. The Kier molecular flexibility index (Phi) is 3.64. The van der Waals surface area contributed by atoms with Crippen molar-refractivity contribution in [2.75, 3.05) is 13.7 Å². The average Bonchev–Trinajstić information content (AvgIpc) is 2.13. The number of alkyl halides is 1. The molecule has 3 nitrogen and oxygen atoms in total. The van der Waals surface area contributed by atoms with E-state index in [9.17, 15) is 9.50 Å². The van der Waals surface area contributed by atoms with Crippen LogP contribution in [0.3, 0.4) is 0 Å². The van der Waals surface area contributed by atoms with Crippen LogP contribution in [-0.2, 0) is 9.47 Å². The second-order valence-electron chi connectivity index (χ2n) is 3.65. The van der Waals surface area contributed by atoms with Gasteiger partial charge in [0.25, 0.3) is 0 Å². The Morgan fingerprint density at radius 3 is 2.77 bits per heavy atom. The molecule has 0 amide bonds. The molecule has 13 heavy (non-hydrogen) atoms. The molecule has 1 rings (SSSR count). The van der Waals surface area contributed by atoms with Crippen LogP contribution in [0.25, 0.3) is 0 Å². The Morgan fingerprint density at radius 1 is 1.62 bits per heavy atom. The largest absolute Gasteiger partial charge is 0.387 e. The third-order valence-corrected chi connectivity index (χ3v) is 2.59. The van der Waals surface area contributed by atoms with Gasteiger partial charge in [-0.25, -0.2) is 4.39 Å². The molecule has 1 fully saturated rings. The molecular weight excluding hydrogens is 175 g/mol. The van der Waals surface area contributed by atoms with Crippen molar-refractivity contribution in [2.24, 2.45) is 5.92 Å². The van der Waals surface area contributed by atoms with Gasteiger partial charge in [-0.1, -0.05) is 6.92 Å². The van der Waals surface area contributed by atoms with Gasteiger partial charge in [0.05, 0.1) is 12.7 Å². The Morgan fingerprint density at radius 2 is 2.23 bits per heavy atom. The summed E-state index contributed by atoms with van der Waals surface area (Å²) in [6.45, 7) is 3.83. The van der Waals surface area contributed by atoms with E-state index >= 15 is 0 Å². The van der Waals surface area contributed by atoms with Gasteiger partial charge in [-0.05, 0) is 6.92 Å². The summed E-state index contributed by atoms with van der Waals surface area (Å²) in [4.78, 5) is 0. The SMILES string of the molecule is CO[C@H](C)[C@H]1OC[C@@H](C)[C@H](F)[C@@H]1O. The van der Waals surface area contributed by atoms with Gasteiger partial charge < -0.3 is 14.6 Å². The van der Waals surface area contributed by atoms with Gasteiger partial charge in [0.1, 0.15) is 18.4 Å². The fourth-order valence-corrected chi connectivity index (χ4v) is 1.52. The molecule has 5 atom stereocenters. The molecule has 0 aliphatic carbocycles. The minimum Gasteiger partial charge on any atom is -0.387 e. The molecule has 78 valence electrons. The summed E-state index contributed by atoms with van der Waals surface area (Å²) in [6, 6.07) is 0. The van der Waals surface area contributed by atoms with Crippen LogP contribution >= 0.6 is 0 Å². The number of halogens is 1. The third kappa shape index (κ3) is 2.18. The van der Waals surface area contributed by atoms with Crippen molar-refractivity contribution >= 4 is 0 Å². The monoisotopic (exact) mass is 192 g/mol. The van der Waals surface area contributed by atoms with Crippen molar-refractivity contribution in [2.45, 2.75) is 38.3 Å². The highest BCUT2D eigenvalue weighted by molar-refractivity contribution is 4.88. The van der Waals surface area contributed by atoms with Gasteiger partial charge in [-0.3, -0.25) is 0 Å². The minimum absolute atomic E-state index is 0.240. The smallest absolute Gasteiger partial charge is 0.133 e. The van der Waals surface area contributed by atoms with E-state index < -0.39 is 18.4 Å². The predicted octanol–water partition coefficient (Wildman–Crippen LogP) is 0.755. The first kappa shape index (κ1) is 10.9. The standard InChI is InChI=1S/C9H17FO3/c1-5-4-13-9(6(2)12-3)8(11)7(5)10/h5-9,11H,4H2,1-3H3/t5-,6-,7+,8+,9-/m1/s1. The second kappa shape index (κ2) is 4.35. The van der Waals surface area contributed by atoms with Gasteiger partial charge in [-0.15, -0.1) is 0 Å². The quantitative estimate of drug-likeness (QED) is 0.702. The molecule has 0 aromatic rings. The molecule has 0 aromatic carbocycles. The first-order valence-electron chi connectivity index (χ1n) is 4.54. The summed E-state index contributed by atoms with van der Waals surface area (Å²) >= 11 is 0. The van der Waals surface area contributed by atoms with E-state index in [0.29, 0.717) is 6.61 Å². The lowest BCUT2D eigenvalue weighted by Crippen LogP contribution is -2.51. The number of aliphatic hydroxyl groups is 1. The topological polar surface area (TPSA) is 38.7 Å².